The summed E-state index contributed by atoms with van der Waals surface area (Å²) in [5.41, 5.74) is 2.28. The molecule has 0 unspecified atom stereocenters. The van der Waals surface area contributed by atoms with E-state index in [1.54, 1.807) is 6.92 Å². The zero-order valence-corrected chi connectivity index (χ0v) is 8.63. The first-order valence-electron chi connectivity index (χ1n) is 4.70. The topological polar surface area (TPSA) is 17.1 Å². The molecule has 0 heterocycles. The number of benzene rings is 1. The van der Waals surface area contributed by atoms with Crippen molar-refractivity contribution in [1.29, 1.82) is 0 Å². The minimum Gasteiger partial charge on any atom is -0.298 e. The maximum Gasteiger partial charge on any atom is 0.149 e. The lowest BCUT2D eigenvalue weighted by Crippen LogP contribution is -2.02. The van der Waals surface area contributed by atoms with Gasteiger partial charge in [0.25, 0.3) is 0 Å². The lowest BCUT2D eigenvalue weighted by Gasteiger charge is -2.02. The monoisotopic (exact) mass is 186 g/mol. The Morgan fingerprint density at radius 3 is 2.71 bits per heavy atom. The quantitative estimate of drug-likeness (QED) is 0.663. The molecule has 0 aliphatic heterocycles. The van der Waals surface area contributed by atoms with Crippen LogP contribution >= 0.6 is 0 Å². The highest BCUT2D eigenvalue weighted by Crippen LogP contribution is 2.08. The van der Waals surface area contributed by atoms with Gasteiger partial charge in [-0.15, -0.1) is 5.92 Å². The summed E-state index contributed by atoms with van der Waals surface area (Å²) in [7, 11) is 0. The number of rotatable bonds is 3. The molecule has 0 aliphatic rings. The van der Waals surface area contributed by atoms with Gasteiger partial charge >= 0.3 is 0 Å². The van der Waals surface area contributed by atoms with E-state index in [1.807, 2.05) is 31.2 Å². The fourth-order valence-electron chi connectivity index (χ4n) is 1.27. The number of carbonyl (C=O) groups excluding carboxylic acids is 1. The normalized spacial score (nSPS) is 9.00. The first-order chi connectivity index (χ1) is 6.74. The first kappa shape index (κ1) is 10.5. The molecule has 0 radical (unpaired) electrons. The number of hydrogen-bond acceptors (Lipinski definition) is 1. The maximum atomic E-state index is 11.4. The van der Waals surface area contributed by atoms with Crippen LogP contribution in [0.1, 0.15) is 24.5 Å². The molecular weight excluding hydrogens is 172 g/mol. The summed E-state index contributed by atoms with van der Waals surface area (Å²) in [4.78, 5) is 11.4. The van der Waals surface area contributed by atoms with Gasteiger partial charge in [-0.1, -0.05) is 30.2 Å². The lowest BCUT2D eigenvalue weighted by molar-refractivity contribution is -0.117. The average Bonchev–Trinajstić information content (AvgIpc) is 2.18. The molecule has 1 rings (SSSR count). The van der Waals surface area contributed by atoms with Gasteiger partial charge in [0.2, 0.25) is 0 Å². The molecule has 0 aromatic heterocycles. The summed E-state index contributed by atoms with van der Waals surface area (Å²) in [6.45, 7) is 3.77. The Balaban J connectivity index is 2.63. The maximum absolute atomic E-state index is 11.4. The second kappa shape index (κ2) is 5.24. The summed E-state index contributed by atoms with van der Waals surface area (Å²) in [6, 6.07) is 7.96. The average molecular weight is 186 g/mol. The van der Waals surface area contributed by atoms with Crippen molar-refractivity contribution in [2.45, 2.75) is 26.7 Å². The summed E-state index contributed by atoms with van der Waals surface area (Å²) in [5, 5.41) is 0. The van der Waals surface area contributed by atoms with Gasteiger partial charge in [0, 0.05) is 6.42 Å². The van der Waals surface area contributed by atoms with Crippen LogP contribution in [0.2, 0.25) is 0 Å². The van der Waals surface area contributed by atoms with Crippen molar-refractivity contribution in [1.82, 2.24) is 0 Å². The van der Waals surface area contributed by atoms with Crippen molar-refractivity contribution in [3.05, 3.63) is 35.4 Å². The van der Waals surface area contributed by atoms with Crippen molar-refractivity contribution in [3.63, 3.8) is 0 Å². The summed E-state index contributed by atoms with van der Waals surface area (Å²) in [5.74, 6) is 5.70. The molecule has 0 saturated heterocycles. The van der Waals surface area contributed by atoms with E-state index in [2.05, 4.69) is 11.8 Å². The molecule has 0 aliphatic carbocycles. The lowest BCUT2D eigenvalue weighted by atomic mass is 10.0. The van der Waals surface area contributed by atoms with Crippen LogP contribution in [-0.2, 0) is 11.2 Å². The Labute approximate surface area is 85.1 Å². The van der Waals surface area contributed by atoms with Crippen molar-refractivity contribution >= 4 is 5.78 Å². The molecule has 1 heteroatoms. The van der Waals surface area contributed by atoms with Crippen molar-refractivity contribution < 1.29 is 4.79 Å². The fraction of sp³-hybridized carbons (Fsp3) is 0.308. The van der Waals surface area contributed by atoms with Gasteiger partial charge in [-0.2, -0.15) is 0 Å². The standard InChI is InChI=1S/C13H14O/c1-3-4-9-13(14)10-12-8-6-5-7-11(12)2/h5-8H,9-10H2,1-2H3. The van der Waals surface area contributed by atoms with Crippen molar-refractivity contribution in [2.75, 3.05) is 0 Å². The third kappa shape index (κ3) is 3.06. The van der Waals surface area contributed by atoms with Crippen LogP contribution in [0.15, 0.2) is 24.3 Å². The largest absolute Gasteiger partial charge is 0.298 e. The molecule has 1 aromatic carbocycles. The zero-order chi connectivity index (χ0) is 10.4. The predicted molar refractivity (Wildman–Crippen MR) is 58.0 cm³/mol. The number of Topliss-reactive ketones (excluding diaryl/α,β-unsaturated/α-hetero) is 1. The molecule has 0 spiro atoms. The van der Waals surface area contributed by atoms with E-state index in [4.69, 9.17) is 0 Å². The van der Waals surface area contributed by atoms with E-state index < -0.39 is 0 Å². The predicted octanol–water partition coefficient (Wildman–Crippen LogP) is 2.52. The van der Waals surface area contributed by atoms with E-state index >= 15 is 0 Å². The molecule has 0 N–H and O–H groups in total. The Bertz CT molecular complexity index is 380. The van der Waals surface area contributed by atoms with Gasteiger partial charge in [-0.05, 0) is 25.0 Å². The Morgan fingerprint density at radius 1 is 1.36 bits per heavy atom. The van der Waals surface area contributed by atoms with Crippen LogP contribution in [0.3, 0.4) is 0 Å². The zero-order valence-electron chi connectivity index (χ0n) is 8.63. The van der Waals surface area contributed by atoms with E-state index in [1.165, 1.54) is 5.56 Å². The molecule has 14 heavy (non-hydrogen) atoms. The summed E-state index contributed by atoms with van der Waals surface area (Å²) < 4.78 is 0. The van der Waals surface area contributed by atoms with Crippen LogP contribution in [0.5, 0.6) is 0 Å². The molecule has 72 valence electrons. The van der Waals surface area contributed by atoms with Gasteiger partial charge in [-0.3, -0.25) is 4.79 Å². The molecule has 1 aromatic rings. The van der Waals surface area contributed by atoms with Crippen LogP contribution in [0, 0.1) is 18.8 Å². The molecule has 0 atom stereocenters. The van der Waals surface area contributed by atoms with Crippen LogP contribution in [-0.4, -0.2) is 5.78 Å². The highest BCUT2D eigenvalue weighted by atomic mass is 16.1. The molecule has 0 saturated carbocycles. The molecule has 0 bridgehead atoms. The van der Waals surface area contributed by atoms with Gasteiger partial charge in [0.1, 0.15) is 5.78 Å². The Kier molecular flexibility index (Phi) is 3.94. The third-order valence-corrected chi connectivity index (χ3v) is 2.11. The number of ketones is 1. The minimum atomic E-state index is 0.189. The van der Waals surface area contributed by atoms with Gasteiger partial charge in [-0.25, -0.2) is 0 Å². The minimum absolute atomic E-state index is 0.189. The van der Waals surface area contributed by atoms with Gasteiger partial charge < -0.3 is 0 Å². The summed E-state index contributed by atoms with van der Waals surface area (Å²) in [6.07, 6.45) is 0.867. The van der Waals surface area contributed by atoms with E-state index in [0.29, 0.717) is 12.8 Å². The van der Waals surface area contributed by atoms with E-state index in [0.717, 1.165) is 5.56 Å². The highest BCUT2D eigenvalue weighted by molar-refractivity contribution is 5.83. The van der Waals surface area contributed by atoms with Crippen molar-refractivity contribution in [3.8, 4) is 11.8 Å². The smallest absolute Gasteiger partial charge is 0.149 e. The SMILES string of the molecule is CC#CCC(=O)Cc1ccccc1C. The van der Waals surface area contributed by atoms with Crippen LogP contribution in [0.25, 0.3) is 0 Å². The molecular formula is C13H14O. The van der Waals surface area contributed by atoms with Crippen LogP contribution in [0.4, 0.5) is 0 Å². The third-order valence-electron chi connectivity index (χ3n) is 2.11. The molecule has 0 fully saturated rings. The Hall–Kier alpha value is -1.55. The molecule has 1 nitrogen and oxygen atoms in total. The van der Waals surface area contributed by atoms with Gasteiger partial charge in [0.15, 0.2) is 0 Å². The highest BCUT2D eigenvalue weighted by Gasteiger charge is 2.03. The van der Waals surface area contributed by atoms with Crippen LogP contribution < -0.4 is 0 Å². The van der Waals surface area contributed by atoms with E-state index in [9.17, 15) is 4.79 Å². The fourth-order valence-corrected chi connectivity index (χ4v) is 1.27. The summed E-state index contributed by atoms with van der Waals surface area (Å²) >= 11 is 0. The second-order valence-corrected chi connectivity index (χ2v) is 3.25. The van der Waals surface area contributed by atoms with Gasteiger partial charge in [0.05, 0.1) is 6.42 Å². The Morgan fingerprint density at radius 2 is 2.07 bits per heavy atom. The number of carbonyl (C=O) groups is 1. The van der Waals surface area contributed by atoms with Crippen molar-refractivity contribution in [2.24, 2.45) is 0 Å². The number of hydrogen-bond donors (Lipinski definition) is 0. The molecule has 0 amide bonds. The van der Waals surface area contributed by atoms with E-state index in [-0.39, 0.29) is 5.78 Å². The second-order valence-electron chi connectivity index (χ2n) is 3.25. The first-order valence-corrected chi connectivity index (χ1v) is 4.70. The number of aryl methyl sites for hydroxylation is 1.